The van der Waals surface area contributed by atoms with Crippen LogP contribution < -0.4 is 4.74 Å². The Morgan fingerprint density at radius 3 is 2.64 bits per heavy atom. The monoisotopic (exact) mass is 324 g/mol. The lowest BCUT2D eigenvalue weighted by atomic mass is 10.2. The summed E-state index contributed by atoms with van der Waals surface area (Å²) in [5, 5.41) is 0.647. The molecule has 0 aliphatic heterocycles. The van der Waals surface area contributed by atoms with E-state index in [2.05, 4.69) is 0 Å². The number of halogens is 1. The average Bonchev–Trinajstić information content (AvgIpc) is 3.00. The molecule has 0 atom stereocenters. The van der Waals surface area contributed by atoms with E-state index < -0.39 is 5.97 Å². The summed E-state index contributed by atoms with van der Waals surface area (Å²) in [6.45, 7) is 8.16. The summed E-state index contributed by atoms with van der Waals surface area (Å²) in [6, 6.07) is 8.70. The van der Waals surface area contributed by atoms with Crippen LogP contribution in [0.25, 0.3) is 0 Å². The molecule has 0 aliphatic rings. The van der Waals surface area contributed by atoms with Gasteiger partial charge in [0.1, 0.15) is 18.1 Å². The number of furan rings is 1. The normalized spacial score (nSPS) is 9.68. The second-order valence-electron chi connectivity index (χ2n) is 4.14. The van der Waals surface area contributed by atoms with Crippen LogP contribution in [0.15, 0.2) is 34.7 Å². The lowest BCUT2D eigenvalue weighted by Gasteiger charge is -2.08. The van der Waals surface area contributed by atoms with Gasteiger partial charge in [0, 0.05) is 10.6 Å². The van der Waals surface area contributed by atoms with Crippen molar-refractivity contribution in [2.75, 3.05) is 6.61 Å². The third-order valence-corrected chi connectivity index (χ3v) is 3.14. The Hall–Kier alpha value is -1.94. The molecule has 0 bridgehead atoms. The Morgan fingerprint density at radius 1 is 1.23 bits per heavy atom. The lowest BCUT2D eigenvalue weighted by Crippen LogP contribution is -2.02. The van der Waals surface area contributed by atoms with Crippen LogP contribution in [0.5, 0.6) is 5.75 Å². The largest absolute Gasteiger partial charge is 0.485 e. The van der Waals surface area contributed by atoms with Crippen LogP contribution in [0.1, 0.15) is 42.6 Å². The maximum Gasteiger partial charge on any atom is 0.374 e. The Labute approximate surface area is 136 Å². The molecule has 2 rings (SSSR count). The molecule has 0 amide bonds. The average molecular weight is 325 g/mol. The van der Waals surface area contributed by atoms with E-state index >= 15 is 0 Å². The Balaban J connectivity index is 0.00000116. The molecular weight excluding hydrogens is 304 g/mol. The van der Waals surface area contributed by atoms with Crippen LogP contribution in [-0.4, -0.2) is 12.6 Å². The highest BCUT2D eigenvalue weighted by atomic mass is 35.5. The van der Waals surface area contributed by atoms with Crippen molar-refractivity contribution in [1.29, 1.82) is 0 Å². The van der Waals surface area contributed by atoms with Crippen molar-refractivity contribution in [1.82, 2.24) is 0 Å². The summed E-state index contributed by atoms with van der Waals surface area (Å²) in [4.78, 5) is 11.5. The summed E-state index contributed by atoms with van der Waals surface area (Å²) in [6.07, 6.45) is 0. The molecule has 0 spiro atoms. The highest BCUT2D eigenvalue weighted by Gasteiger charge is 2.12. The van der Waals surface area contributed by atoms with Gasteiger partial charge >= 0.3 is 5.97 Å². The summed E-state index contributed by atoms with van der Waals surface area (Å²) in [5.74, 6) is 0.935. The van der Waals surface area contributed by atoms with Gasteiger partial charge in [-0.15, -0.1) is 0 Å². The molecule has 0 aliphatic carbocycles. The Kier molecular flexibility index (Phi) is 7.54. The van der Waals surface area contributed by atoms with E-state index in [1.165, 1.54) is 0 Å². The molecule has 0 unspecified atom stereocenters. The zero-order chi connectivity index (χ0) is 16.5. The number of carbonyl (C=O) groups excluding carboxylic acids is 1. The fraction of sp³-hybridized carbons (Fsp3) is 0.353. The number of hydrogen-bond acceptors (Lipinski definition) is 4. The first kappa shape index (κ1) is 18.1. The van der Waals surface area contributed by atoms with E-state index in [9.17, 15) is 4.79 Å². The summed E-state index contributed by atoms with van der Waals surface area (Å²) in [7, 11) is 0. The van der Waals surface area contributed by atoms with Gasteiger partial charge in [-0.2, -0.15) is 0 Å². The molecule has 1 aromatic heterocycles. The van der Waals surface area contributed by atoms with Crippen LogP contribution in [0.4, 0.5) is 0 Å². The van der Waals surface area contributed by atoms with Gasteiger partial charge in [0.2, 0.25) is 5.76 Å². The molecular formula is C17H21ClO4. The predicted molar refractivity (Wildman–Crippen MR) is 86.5 cm³/mol. The molecule has 2 aromatic rings. The zero-order valence-corrected chi connectivity index (χ0v) is 14.1. The van der Waals surface area contributed by atoms with E-state index in [4.69, 9.17) is 25.5 Å². The standard InChI is InChI=1S/C15H15ClO4.C2H6/c1-3-18-15(17)14-8-7-11(20-14)9-19-13-6-4-5-12(16)10(13)2;1-2/h4-8H,3,9H2,1-2H3;1-2H3. The maximum absolute atomic E-state index is 11.5. The van der Waals surface area contributed by atoms with Crippen LogP contribution in [0, 0.1) is 6.92 Å². The quantitative estimate of drug-likeness (QED) is 0.724. The molecule has 0 saturated heterocycles. The molecule has 1 heterocycles. The Morgan fingerprint density at radius 2 is 1.95 bits per heavy atom. The first-order valence-corrected chi connectivity index (χ1v) is 7.63. The van der Waals surface area contributed by atoms with E-state index in [0.29, 0.717) is 23.1 Å². The first-order chi connectivity index (χ1) is 10.6. The minimum absolute atomic E-state index is 0.174. The number of hydrogen-bond donors (Lipinski definition) is 0. The van der Waals surface area contributed by atoms with Crippen LogP contribution >= 0.6 is 11.6 Å². The van der Waals surface area contributed by atoms with Crippen molar-refractivity contribution < 1.29 is 18.7 Å². The topological polar surface area (TPSA) is 48.7 Å². The third-order valence-electron chi connectivity index (χ3n) is 2.73. The molecule has 22 heavy (non-hydrogen) atoms. The number of ether oxygens (including phenoxy) is 2. The van der Waals surface area contributed by atoms with E-state index in [1.807, 2.05) is 32.9 Å². The number of esters is 1. The molecule has 0 saturated carbocycles. The summed E-state index contributed by atoms with van der Waals surface area (Å²) >= 11 is 6.01. The van der Waals surface area contributed by atoms with E-state index in [-0.39, 0.29) is 12.4 Å². The van der Waals surface area contributed by atoms with Crippen molar-refractivity contribution in [3.63, 3.8) is 0 Å². The number of rotatable bonds is 5. The van der Waals surface area contributed by atoms with E-state index in [0.717, 1.165) is 5.56 Å². The van der Waals surface area contributed by atoms with Crippen molar-refractivity contribution in [3.8, 4) is 5.75 Å². The van der Waals surface area contributed by atoms with Gasteiger partial charge in [0.15, 0.2) is 0 Å². The second kappa shape index (κ2) is 9.15. The summed E-state index contributed by atoms with van der Waals surface area (Å²) < 4.78 is 15.8. The minimum atomic E-state index is -0.474. The fourth-order valence-corrected chi connectivity index (χ4v) is 1.83. The predicted octanol–water partition coefficient (Wildman–Crippen LogP) is 5.02. The molecule has 4 nitrogen and oxygen atoms in total. The smallest absolute Gasteiger partial charge is 0.374 e. The van der Waals surface area contributed by atoms with Gasteiger partial charge in [-0.1, -0.05) is 31.5 Å². The molecule has 120 valence electrons. The van der Waals surface area contributed by atoms with Gasteiger partial charge in [-0.05, 0) is 38.1 Å². The van der Waals surface area contributed by atoms with Crippen LogP contribution in [0.3, 0.4) is 0 Å². The fourth-order valence-electron chi connectivity index (χ4n) is 1.66. The number of carbonyl (C=O) groups is 1. The molecule has 0 N–H and O–H groups in total. The SMILES string of the molecule is CC.CCOC(=O)c1ccc(COc2cccc(Cl)c2C)o1. The molecule has 5 heteroatoms. The van der Waals surface area contributed by atoms with Crippen molar-refractivity contribution >= 4 is 17.6 Å². The van der Waals surface area contributed by atoms with E-state index in [1.54, 1.807) is 25.1 Å². The molecule has 0 fully saturated rings. The van der Waals surface area contributed by atoms with Crippen LogP contribution in [0.2, 0.25) is 5.02 Å². The van der Waals surface area contributed by atoms with Gasteiger partial charge in [-0.3, -0.25) is 0 Å². The maximum atomic E-state index is 11.5. The highest BCUT2D eigenvalue weighted by Crippen LogP contribution is 2.26. The first-order valence-electron chi connectivity index (χ1n) is 7.25. The Bertz CT molecular complexity index is 604. The lowest BCUT2D eigenvalue weighted by molar-refractivity contribution is 0.0486. The zero-order valence-electron chi connectivity index (χ0n) is 13.3. The van der Waals surface area contributed by atoms with Gasteiger partial charge in [-0.25, -0.2) is 4.79 Å². The number of benzene rings is 1. The minimum Gasteiger partial charge on any atom is -0.485 e. The molecule has 1 aromatic carbocycles. The second-order valence-corrected chi connectivity index (χ2v) is 4.55. The molecule has 0 radical (unpaired) electrons. The van der Waals surface area contributed by atoms with Gasteiger partial charge in [0.25, 0.3) is 0 Å². The van der Waals surface area contributed by atoms with Gasteiger partial charge < -0.3 is 13.9 Å². The van der Waals surface area contributed by atoms with Gasteiger partial charge in [0.05, 0.1) is 6.61 Å². The summed E-state index contributed by atoms with van der Waals surface area (Å²) in [5.41, 5.74) is 0.867. The van der Waals surface area contributed by atoms with Crippen LogP contribution in [-0.2, 0) is 11.3 Å². The highest BCUT2D eigenvalue weighted by molar-refractivity contribution is 6.31. The van der Waals surface area contributed by atoms with Crippen molar-refractivity contribution in [2.24, 2.45) is 0 Å². The third kappa shape index (κ3) is 4.81. The van der Waals surface area contributed by atoms with Crippen molar-refractivity contribution in [3.05, 3.63) is 52.4 Å². The van der Waals surface area contributed by atoms with Crippen molar-refractivity contribution in [2.45, 2.75) is 34.3 Å².